The van der Waals surface area contributed by atoms with E-state index < -0.39 is 21.5 Å². The molecule has 1 N–H and O–H groups in total. The van der Waals surface area contributed by atoms with Crippen LogP contribution in [-0.2, 0) is 15.4 Å². The first-order valence-corrected chi connectivity index (χ1v) is 11.8. The summed E-state index contributed by atoms with van der Waals surface area (Å²) < 4.78 is 28.9. The van der Waals surface area contributed by atoms with Crippen LogP contribution < -0.4 is 0 Å². The molecular formula is C25H25NO3S. The molecule has 5 heteroatoms. The lowest BCUT2D eigenvalue weighted by molar-refractivity contribution is 0.112. The van der Waals surface area contributed by atoms with E-state index in [1.807, 2.05) is 55.5 Å². The van der Waals surface area contributed by atoms with Gasteiger partial charge in [-0.2, -0.15) is 4.31 Å². The van der Waals surface area contributed by atoms with E-state index in [4.69, 9.17) is 0 Å². The topological polar surface area (TPSA) is 57.6 Å². The van der Waals surface area contributed by atoms with Gasteiger partial charge in [0.15, 0.2) is 0 Å². The van der Waals surface area contributed by atoms with Crippen LogP contribution >= 0.6 is 0 Å². The van der Waals surface area contributed by atoms with Crippen molar-refractivity contribution < 1.29 is 13.5 Å². The summed E-state index contributed by atoms with van der Waals surface area (Å²) in [6.07, 6.45) is 0.393. The number of sulfonamides is 1. The third kappa shape index (κ3) is 2.77. The van der Waals surface area contributed by atoms with Crippen molar-refractivity contribution in [1.29, 1.82) is 0 Å². The Balaban J connectivity index is 1.69. The highest BCUT2D eigenvalue weighted by molar-refractivity contribution is 7.89. The molecule has 4 nitrogen and oxygen atoms in total. The monoisotopic (exact) mass is 419 g/mol. The molecule has 0 unspecified atom stereocenters. The van der Waals surface area contributed by atoms with Crippen LogP contribution in [0.5, 0.6) is 0 Å². The van der Waals surface area contributed by atoms with Gasteiger partial charge in [-0.1, -0.05) is 72.3 Å². The van der Waals surface area contributed by atoms with Gasteiger partial charge in [0.25, 0.3) is 0 Å². The fourth-order valence-electron chi connectivity index (χ4n) is 5.38. The number of benzene rings is 3. The minimum atomic E-state index is -3.68. The van der Waals surface area contributed by atoms with Crippen molar-refractivity contribution in [3.8, 4) is 0 Å². The van der Waals surface area contributed by atoms with Gasteiger partial charge >= 0.3 is 0 Å². The Bertz CT molecular complexity index is 1170. The second kappa shape index (κ2) is 7.05. The first-order valence-electron chi connectivity index (χ1n) is 10.4. The van der Waals surface area contributed by atoms with Crippen LogP contribution in [-0.4, -0.2) is 30.4 Å². The standard InChI is InChI=1S/C25H25NO3S/c1-18-11-13-20(14-12-18)30(28,29)26-16-15-25(19-7-3-2-4-8-19)22-10-6-5-9-21(22)23(27)17-24(25)26/h2-14,23-24,27H,15-17H2,1H3/t23-,24+,25+/m0/s1. The lowest BCUT2D eigenvalue weighted by Crippen LogP contribution is -2.49. The van der Waals surface area contributed by atoms with Gasteiger partial charge in [-0.3, -0.25) is 0 Å². The molecule has 5 rings (SSSR count). The average molecular weight is 420 g/mol. The summed E-state index contributed by atoms with van der Waals surface area (Å²) >= 11 is 0. The Morgan fingerprint density at radius 2 is 1.60 bits per heavy atom. The molecule has 0 amide bonds. The average Bonchev–Trinajstić information content (AvgIpc) is 3.16. The first-order chi connectivity index (χ1) is 14.4. The maximum absolute atomic E-state index is 13.6. The molecule has 30 heavy (non-hydrogen) atoms. The molecule has 1 aliphatic carbocycles. The Labute approximate surface area is 177 Å². The molecule has 0 spiro atoms. The Hall–Kier alpha value is -2.47. The van der Waals surface area contributed by atoms with Crippen molar-refractivity contribution in [2.24, 2.45) is 0 Å². The van der Waals surface area contributed by atoms with E-state index in [-0.39, 0.29) is 6.04 Å². The van der Waals surface area contributed by atoms with Gasteiger partial charge in [0.1, 0.15) is 0 Å². The van der Waals surface area contributed by atoms with Gasteiger partial charge in [0, 0.05) is 18.0 Å². The third-order valence-corrected chi connectivity index (χ3v) is 8.73. The van der Waals surface area contributed by atoms with Crippen LogP contribution in [0.2, 0.25) is 0 Å². The highest BCUT2D eigenvalue weighted by Gasteiger charge is 2.57. The van der Waals surface area contributed by atoms with E-state index in [1.165, 1.54) is 0 Å². The molecule has 1 heterocycles. The Kier molecular flexibility index (Phi) is 4.58. The zero-order valence-electron chi connectivity index (χ0n) is 16.9. The Morgan fingerprint density at radius 1 is 0.933 bits per heavy atom. The SMILES string of the molecule is Cc1ccc(S(=O)(=O)N2CC[C@@]3(c4ccccc4)c4ccccc4[C@@H](O)C[C@@H]23)cc1. The lowest BCUT2D eigenvalue weighted by atomic mass is 9.62. The number of hydrogen-bond acceptors (Lipinski definition) is 3. The largest absolute Gasteiger partial charge is 0.388 e. The Morgan fingerprint density at radius 3 is 2.33 bits per heavy atom. The number of nitrogens with zero attached hydrogens (tertiary/aromatic N) is 1. The molecule has 1 saturated heterocycles. The minimum absolute atomic E-state index is 0.310. The summed E-state index contributed by atoms with van der Waals surface area (Å²) in [6, 6.07) is 24.8. The summed E-state index contributed by atoms with van der Waals surface area (Å²) in [7, 11) is -3.68. The number of fused-ring (bicyclic) bond motifs is 3. The normalized spacial score (nSPS) is 26.2. The number of aliphatic hydroxyl groups is 1. The van der Waals surface area contributed by atoms with E-state index in [2.05, 4.69) is 18.2 Å². The van der Waals surface area contributed by atoms with E-state index >= 15 is 0 Å². The predicted octanol–water partition coefficient (Wildman–Crippen LogP) is 4.18. The number of aryl methyl sites for hydroxylation is 1. The number of aliphatic hydroxyl groups excluding tert-OH is 1. The van der Waals surface area contributed by atoms with E-state index in [1.54, 1.807) is 16.4 Å². The van der Waals surface area contributed by atoms with Crippen molar-refractivity contribution in [1.82, 2.24) is 4.31 Å². The summed E-state index contributed by atoms with van der Waals surface area (Å²) in [5, 5.41) is 10.9. The molecule has 2 aliphatic rings. The summed E-state index contributed by atoms with van der Waals surface area (Å²) in [4.78, 5) is 0.310. The highest BCUT2D eigenvalue weighted by Crippen LogP contribution is 2.54. The molecule has 1 aliphatic heterocycles. The van der Waals surface area contributed by atoms with Crippen molar-refractivity contribution in [3.63, 3.8) is 0 Å². The van der Waals surface area contributed by atoms with Crippen molar-refractivity contribution in [2.75, 3.05) is 6.54 Å². The molecule has 3 atom stereocenters. The molecule has 1 fully saturated rings. The molecule has 0 bridgehead atoms. The summed E-state index contributed by atoms with van der Waals surface area (Å²) in [5.74, 6) is 0. The zero-order valence-corrected chi connectivity index (χ0v) is 17.7. The number of rotatable bonds is 3. The van der Waals surface area contributed by atoms with Gasteiger partial charge < -0.3 is 5.11 Å². The van der Waals surface area contributed by atoms with Crippen LogP contribution in [0.25, 0.3) is 0 Å². The van der Waals surface area contributed by atoms with Crippen molar-refractivity contribution in [2.45, 2.75) is 42.2 Å². The third-order valence-electron chi connectivity index (χ3n) is 6.81. The van der Waals surface area contributed by atoms with Crippen LogP contribution in [0.15, 0.2) is 83.8 Å². The van der Waals surface area contributed by atoms with Crippen molar-refractivity contribution >= 4 is 10.0 Å². The fourth-order valence-corrected chi connectivity index (χ4v) is 7.06. The second-order valence-electron chi connectivity index (χ2n) is 8.37. The molecule has 154 valence electrons. The van der Waals surface area contributed by atoms with Gasteiger partial charge in [-0.05, 0) is 48.6 Å². The molecule has 0 radical (unpaired) electrons. The molecule has 0 saturated carbocycles. The van der Waals surface area contributed by atoms with Crippen molar-refractivity contribution in [3.05, 3.63) is 101 Å². The van der Waals surface area contributed by atoms with E-state index in [0.717, 1.165) is 22.3 Å². The molecule has 3 aromatic carbocycles. The fraction of sp³-hybridized carbons (Fsp3) is 0.280. The lowest BCUT2D eigenvalue weighted by Gasteiger charge is -2.45. The maximum atomic E-state index is 13.6. The molecule has 0 aromatic heterocycles. The van der Waals surface area contributed by atoms with Crippen LogP contribution in [0.3, 0.4) is 0 Å². The highest BCUT2D eigenvalue weighted by atomic mass is 32.2. The smallest absolute Gasteiger partial charge is 0.243 e. The molecule has 3 aromatic rings. The maximum Gasteiger partial charge on any atom is 0.243 e. The summed E-state index contributed by atoms with van der Waals surface area (Å²) in [6.45, 7) is 2.37. The first kappa shape index (κ1) is 19.5. The number of hydrogen-bond donors (Lipinski definition) is 1. The zero-order chi connectivity index (χ0) is 20.9. The van der Waals surface area contributed by atoms with Crippen LogP contribution in [0.4, 0.5) is 0 Å². The van der Waals surface area contributed by atoms with E-state index in [0.29, 0.717) is 24.3 Å². The van der Waals surface area contributed by atoms with Crippen LogP contribution in [0.1, 0.15) is 41.2 Å². The minimum Gasteiger partial charge on any atom is -0.388 e. The molecular weight excluding hydrogens is 394 g/mol. The second-order valence-corrected chi connectivity index (χ2v) is 10.3. The summed E-state index contributed by atoms with van der Waals surface area (Å²) in [5.41, 5.74) is 3.62. The quantitative estimate of drug-likeness (QED) is 0.693. The van der Waals surface area contributed by atoms with Gasteiger partial charge in [-0.15, -0.1) is 0 Å². The predicted molar refractivity (Wildman–Crippen MR) is 117 cm³/mol. The van der Waals surface area contributed by atoms with Crippen LogP contribution in [0, 0.1) is 6.92 Å². The van der Waals surface area contributed by atoms with E-state index in [9.17, 15) is 13.5 Å². The van der Waals surface area contributed by atoms with Gasteiger partial charge in [0.05, 0.1) is 11.0 Å². The van der Waals surface area contributed by atoms with Gasteiger partial charge in [0.2, 0.25) is 10.0 Å². The van der Waals surface area contributed by atoms with Gasteiger partial charge in [-0.25, -0.2) is 8.42 Å².